The van der Waals surface area contributed by atoms with E-state index < -0.39 is 0 Å². The minimum absolute atomic E-state index is 0.553. The van der Waals surface area contributed by atoms with Crippen LogP contribution in [0.1, 0.15) is 39.7 Å². The summed E-state index contributed by atoms with van der Waals surface area (Å²) in [4.78, 5) is 4.71. The molecule has 1 aromatic heterocycles. The van der Waals surface area contributed by atoms with E-state index >= 15 is 0 Å². The average Bonchev–Trinajstić information content (AvgIpc) is 3.16. The van der Waals surface area contributed by atoms with E-state index in [9.17, 15) is 0 Å². The Morgan fingerprint density at radius 2 is 1.70 bits per heavy atom. The Morgan fingerprint density at radius 3 is 2.40 bits per heavy atom. The van der Waals surface area contributed by atoms with Gasteiger partial charge in [0.2, 0.25) is 5.95 Å². The molecule has 1 unspecified atom stereocenters. The zero-order valence-electron chi connectivity index (χ0n) is 18.5. The molecule has 3 aromatic rings. The van der Waals surface area contributed by atoms with Gasteiger partial charge in [0, 0.05) is 24.2 Å². The van der Waals surface area contributed by atoms with Crippen LogP contribution in [0.5, 0.6) is 11.5 Å². The van der Waals surface area contributed by atoms with Crippen LogP contribution >= 0.6 is 0 Å². The monoisotopic (exact) mass is 407 g/mol. The third-order valence-corrected chi connectivity index (χ3v) is 5.22. The Kier molecular flexibility index (Phi) is 7.77. The number of nitrogens with zero attached hydrogens (tertiary/aromatic N) is 2. The molecule has 2 aromatic carbocycles. The number of nitrogens with one attached hydrogen (secondary N) is 1. The van der Waals surface area contributed by atoms with Gasteiger partial charge in [-0.05, 0) is 50.1 Å². The lowest BCUT2D eigenvalue weighted by atomic mass is 10.1. The Bertz CT molecular complexity index is 918. The first kappa shape index (κ1) is 21.8. The van der Waals surface area contributed by atoms with E-state index in [1.54, 1.807) is 0 Å². The van der Waals surface area contributed by atoms with Crippen molar-refractivity contribution >= 4 is 5.95 Å². The summed E-state index contributed by atoms with van der Waals surface area (Å²) in [5, 5.41) is 3.53. The normalized spacial score (nSPS) is 11.9. The summed E-state index contributed by atoms with van der Waals surface area (Å²) >= 11 is 0. The van der Waals surface area contributed by atoms with Gasteiger partial charge in [0.25, 0.3) is 0 Å². The van der Waals surface area contributed by atoms with Crippen LogP contribution < -0.4 is 14.8 Å². The molecule has 1 heterocycles. The van der Waals surface area contributed by atoms with Crippen LogP contribution in [0.4, 0.5) is 5.95 Å². The van der Waals surface area contributed by atoms with Crippen LogP contribution in [0.2, 0.25) is 0 Å². The van der Waals surface area contributed by atoms with E-state index in [-0.39, 0.29) is 0 Å². The van der Waals surface area contributed by atoms with Crippen LogP contribution in [0.15, 0.2) is 54.7 Å². The number of para-hydroxylation sites is 1. The fourth-order valence-electron chi connectivity index (χ4n) is 3.38. The van der Waals surface area contributed by atoms with E-state index in [1.165, 1.54) is 0 Å². The number of hydrogen-bond donors (Lipinski definition) is 1. The zero-order valence-corrected chi connectivity index (χ0v) is 18.5. The number of ether oxygens (including phenoxy) is 2. The van der Waals surface area contributed by atoms with Crippen molar-refractivity contribution in [1.82, 2.24) is 9.55 Å². The number of rotatable bonds is 11. The lowest BCUT2D eigenvalue weighted by Crippen LogP contribution is -2.13. The third-order valence-electron chi connectivity index (χ3n) is 5.22. The molecule has 0 aliphatic rings. The molecule has 1 atom stereocenters. The maximum absolute atomic E-state index is 5.76. The lowest BCUT2D eigenvalue weighted by Gasteiger charge is -2.17. The van der Waals surface area contributed by atoms with E-state index in [1.807, 2.05) is 50.4 Å². The Hall–Kier alpha value is -2.95. The van der Waals surface area contributed by atoms with Crippen molar-refractivity contribution in [3.05, 3.63) is 60.3 Å². The molecule has 0 fully saturated rings. The van der Waals surface area contributed by atoms with Crippen LogP contribution in [-0.2, 0) is 13.1 Å². The smallest absolute Gasteiger partial charge is 0.203 e. The first-order chi connectivity index (χ1) is 14.7. The average molecular weight is 408 g/mol. The van der Waals surface area contributed by atoms with E-state index in [4.69, 9.17) is 14.5 Å². The molecule has 0 amide bonds. The molecule has 30 heavy (non-hydrogen) atoms. The zero-order chi connectivity index (χ0) is 21.3. The summed E-state index contributed by atoms with van der Waals surface area (Å²) in [7, 11) is 0. The molecule has 0 spiro atoms. The summed E-state index contributed by atoms with van der Waals surface area (Å²) in [5.41, 5.74) is 3.37. The first-order valence-corrected chi connectivity index (χ1v) is 10.9. The number of benzene rings is 2. The molecule has 1 N–H and O–H groups in total. The van der Waals surface area contributed by atoms with Gasteiger partial charge >= 0.3 is 0 Å². The summed E-state index contributed by atoms with van der Waals surface area (Å²) < 4.78 is 13.6. The van der Waals surface area contributed by atoms with Gasteiger partial charge in [0.05, 0.1) is 25.1 Å². The van der Waals surface area contributed by atoms with Crippen molar-refractivity contribution in [3.8, 4) is 22.8 Å². The van der Waals surface area contributed by atoms with Gasteiger partial charge in [0.1, 0.15) is 11.5 Å². The predicted molar refractivity (Wildman–Crippen MR) is 123 cm³/mol. The number of imidazole rings is 1. The Balaban J connectivity index is 1.85. The van der Waals surface area contributed by atoms with Crippen molar-refractivity contribution in [2.45, 2.75) is 47.2 Å². The predicted octanol–water partition coefficient (Wildman–Crippen LogP) is 6.01. The summed E-state index contributed by atoms with van der Waals surface area (Å²) in [6, 6.07) is 16.4. The highest BCUT2D eigenvalue weighted by Gasteiger charge is 2.15. The fraction of sp³-hybridized carbons (Fsp3) is 0.400. The van der Waals surface area contributed by atoms with Crippen molar-refractivity contribution in [1.29, 1.82) is 0 Å². The number of anilines is 1. The molecule has 3 rings (SSSR count). The van der Waals surface area contributed by atoms with Gasteiger partial charge in [-0.3, -0.25) is 0 Å². The highest BCUT2D eigenvalue weighted by molar-refractivity contribution is 5.62. The van der Waals surface area contributed by atoms with Crippen LogP contribution in [0.3, 0.4) is 0 Å². The highest BCUT2D eigenvalue weighted by atomic mass is 16.5. The van der Waals surface area contributed by atoms with Crippen molar-refractivity contribution < 1.29 is 9.47 Å². The van der Waals surface area contributed by atoms with Gasteiger partial charge < -0.3 is 19.4 Å². The lowest BCUT2D eigenvalue weighted by molar-refractivity contribution is 0.337. The maximum atomic E-state index is 5.76. The van der Waals surface area contributed by atoms with E-state index in [2.05, 4.69) is 41.9 Å². The highest BCUT2D eigenvalue weighted by Crippen LogP contribution is 2.28. The van der Waals surface area contributed by atoms with Gasteiger partial charge in [-0.2, -0.15) is 0 Å². The quantitative estimate of drug-likeness (QED) is 0.423. The molecule has 5 heteroatoms. The fourth-order valence-corrected chi connectivity index (χ4v) is 3.38. The second kappa shape index (κ2) is 10.7. The van der Waals surface area contributed by atoms with Crippen molar-refractivity contribution in [2.24, 2.45) is 5.92 Å². The minimum atomic E-state index is 0.553. The summed E-state index contributed by atoms with van der Waals surface area (Å²) in [5.74, 6) is 3.24. The molecular weight excluding hydrogens is 374 g/mol. The van der Waals surface area contributed by atoms with E-state index in [0.29, 0.717) is 25.7 Å². The molecule has 5 nitrogen and oxygen atoms in total. The topological polar surface area (TPSA) is 48.3 Å². The summed E-state index contributed by atoms with van der Waals surface area (Å²) in [6.45, 7) is 11.4. The molecule has 0 aliphatic carbocycles. The summed E-state index contributed by atoms with van der Waals surface area (Å²) in [6.07, 6.45) is 3.07. The molecule has 0 saturated carbocycles. The van der Waals surface area contributed by atoms with Crippen LogP contribution in [0, 0.1) is 5.92 Å². The molecule has 0 saturated heterocycles. The molecular formula is C25H33N3O2. The third kappa shape index (κ3) is 5.35. The Morgan fingerprint density at radius 1 is 0.967 bits per heavy atom. The maximum Gasteiger partial charge on any atom is 0.203 e. The number of aromatic nitrogens is 2. The van der Waals surface area contributed by atoms with Gasteiger partial charge in [-0.1, -0.05) is 38.5 Å². The molecule has 0 aliphatic heterocycles. The second-order valence-electron chi connectivity index (χ2n) is 7.44. The largest absolute Gasteiger partial charge is 0.494 e. The van der Waals surface area contributed by atoms with Crippen molar-refractivity contribution in [2.75, 3.05) is 18.5 Å². The van der Waals surface area contributed by atoms with Crippen LogP contribution in [0.25, 0.3) is 11.3 Å². The molecule has 0 bridgehead atoms. The van der Waals surface area contributed by atoms with Crippen molar-refractivity contribution in [3.63, 3.8) is 0 Å². The van der Waals surface area contributed by atoms with Crippen LogP contribution in [-0.4, -0.2) is 22.8 Å². The first-order valence-electron chi connectivity index (χ1n) is 10.9. The minimum Gasteiger partial charge on any atom is -0.494 e. The van der Waals surface area contributed by atoms with Gasteiger partial charge in [-0.25, -0.2) is 4.98 Å². The van der Waals surface area contributed by atoms with Gasteiger partial charge in [0.15, 0.2) is 0 Å². The number of hydrogen-bond acceptors (Lipinski definition) is 4. The molecule has 0 radical (unpaired) electrons. The SMILES string of the molecule is CCOc1ccc(-c2cnc(NCc3ccccc3OCC)n2CC(C)CC)cc1. The standard InChI is InChI=1S/C25H33N3O2/c1-5-19(4)18-28-23(20-12-14-22(15-13-20)29-6-2)17-27-25(28)26-16-21-10-8-9-11-24(21)30-7-3/h8-15,17,19H,5-7,16,18H2,1-4H3,(H,26,27). The second-order valence-corrected chi connectivity index (χ2v) is 7.44. The van der Waals surface area contributed by atoms with Gasteiger partial charge in [-0.15, -0.1) is 0 Å². The molecule has 160 valence electrons. The van der Waals surface area contributed by atoms with E-state index in [0.717, 1.165) is 47.2 Å². The Labute approximate surface area is 180 Å².